The second-order valence-corrected chi connectivity index (χ2v) is 5.72. The van der Waals surface area contributed by atoms with Crippen molar-refractivity contribution in [3.63, 3.8) is 0 Å². The second kappa shape index (κ2) is 6.22. The molecule has 0 amide bonds. The molecule has 0 aliphatic carbocycles. The number of rotatable bonds is 4. The molecule has 21 heavy (non-hydrogen) atoms. The van der Waals surface area contributed by atoms with Crippen LogP contribution in [0.2, 0.25) is 0 Å². The third-order valence-corrected chi connectivity index (χ3v) is 4.18. The van der Waals surface area contributed by atoms with Crippen molar-refractivity contribution in [2.75, 3.05) is 25.0 Å². The Kier molecular flexibility index (Phi) is 4.15. The van der Waals surface area contributed by atoms with Gasteiger partial charge >= 0.3 is 0 Å². The van der Waals surface area contributed by atoms with E-state index in [1.807, 2.05) is 6.92 Å². The van der Waals surface area contributed by atoms with Gasteiger partial charge in [-0.3, -0.25) is 4.90 Å². The van der Waals surface area contributed by atoms with E-state index in [0.717, 1.165) is 44.1 Å². The first kappa shape index (κ1) is 14.0. The molecule has 0 saturated carbocycles. The summed E-state index contributed by atoms with van der Waals surface area (Å²) in [6.07, 6.45) is 1.15. The van der Waals surface area contributed by atoms with Crippen LogP contribution in [0.3, 0.4) is 0 Å². The van der Waals surface area contributed by atoms with E-state index in [1.165, 1.54) is 16.7 Å². The first-order valence-electron chi connectivity index (χ1n) is 7.56. The van der Waals surface area contributed by atoms with Crippen LogP contribution >= 0.6 is 0 Å². The highest BCUT2D eigenvalue weighted by atomic mass is 15.2. The molecule has 110 valence electrons. The van der Waals surface area contributed by atoms with Crippen LogP contribution in [0, 0.1) is 13.8 Å². The summed E-state index contributed by atoms with van der Waals surface area (Å²) in [6, 6.07) is 10.8. The van der Waals surface area contributed by atoms with E-state index in [2.05, 4.69) is 57.7 Å². The second-order valence-electron chi connectivity index (χ2n) is 5.72. The lowest BCUT2D eigenvalue weighted by Gasteiger charge is -2.28. The van der Waals surface area contributed by atoms with Gasteiger partial charge in [-0.1, -0.05) is 24.3 Å². The van der Waals surface area contributed by atoms with Crippen molar-refractivity contribution in [2.24, 2.45) is 0 Å². The number of hydrogen-bond acceptors (Lipinski definition) is 4. The third-order valence-electron chi connectivity index (χ3n) is 4.18. The lowest BCUT2D eigenvalue weighted by molar-refractivity contribution is 0.264. The maximum absolute atomic E-state index is 4.18. The van der Waals surface area contributed by atoms with Gasteiger partial charge in [-0.2, -0.15) is 5.10 Å². The monoisotopic (exact) mass is 282 g/mol. The fourth-order valence-corrected chi connectivity index (χ4v) is 2.72. The van der Waals surface area contributed by atoms with Crippen LogP contribution in [0.5, 0.6) is 0 Å². The Morgan fingerprint density at radius 1 is 1.14 bits per heavy atom. The van der Waals surface area contributed by atoms with Crippen molar-refractivity contribution in [3.05, 3.63) is 52.7 Å². The summed E-state index contributed by atoms with van der Waals surface area (Å²) in [5.41, 5.74) is 5.14. The smallest absolute Gasteiger partial charge is 0.148 e. The quantitative estimate of drug-likeness (QED) is 0.935. The molecular formula is C17H22N4. The van der Waals surface area contributed by atoms with Crippen LogP contribution in [-0.2, 0) is 13.0 Å². The van der Waals surface area contributed by atoms with E-state index in [4.69, 9.17) is 0 Å². The fraction of sp³-hybridized carbons (Fsp3) is 0.412. The number of benzene rings is 1. The van der Waals surface area contributed by atoms with Crippen LogP contribution in [0.25, 0.3) is 0 Å². The van der Waals surface area contributed by atoms with Crippen molar-refractivity contribution in [3.8, 4) is 0 Å². The summed E-state index contributed by atoms with van der Waals surface area (Å²) < 4.78 is 0. The lowest BCUT2D eigenvalue weighted by Crippen LogP contribution is -2.34. The molecule has 1 N–H and O–H groups in total. The van der Waals surface area contributed by atoms with Crippen LogP contribution in [-0.4, -0.2) is 34.7 Å². The molecule has 0 atom stereocenters. The van der Waals surface area contributed by atoms with Crippen LogP contribution in [0.1, 0.15) is 22.4 Å². The molecule has 4 nitrogen and oxygen atoms in total. The van der Waals surface area contributed by atoms with Gasteiger partial charge in [-0.15, -0.1) is 5.10 Å². The zero-order chi connectivity index (χ0) is 14.7. The van der Waals surface area contributed by atoms with Crippen molar-refractivity contribution in [2.45, 2.75) is 26.8 Å². The molecule has 2 aromatic rings. The summed E-state index contributed by atoms with van der Waals surface area (Å²) in [5, 5.41) is 11.7. The van der Waals surface area contributed by atoms with Crippen LogP contribution < -0.4 is 5.32 Å². The van der Waals surface area contributed by atoms with Gasteiger partial charge in [0.05, 0.1) is 5.69 Å². The number of aryl methyl sites for hydroxylation is 2. The highest BCUT2D eigenvalue weighted by Crippen LogP contribution is 2.18. The first-order valence-corrected chi connectivity index (χ1v) is 7.56. The van der Waals surface area contributed by atoms with Gasteiger partial charge in [0.2, 0.25) is 0 Å². The van der Waals surface area contributed by atoms with Gasteiger partial charge in [-0.05, 0) is 43.0 Å². The first-order chi connectivity index (χ1) is 10.2. The molecule has 0 unspecified atom stereocenters. The molecule has 0 saturated heterocycles. The Morgan fingerprint density at radius 3 is 2.76 bits per heavy atom. The Labute approximate surface area is 126 Å². The number of nitrogens with zero attached hydrogens (tertiary/aromatic N) is 3. The molecule has 0 spiro atoms. The number of nitrogens with one attached hydrogen (secondary N) is 1. The van der Waals surface area contributed by atoms with Crippen molar-refractivity contribution in [1.29, 1.82) is 0 Å². The third kappa shape index (κ3) is 3.39. The van der Waals surface area contributed by atoms with Crippen molar-refractivity contribution in [1.82, 2.24) is 15.1 Å². The summed E-state index contributed by atoms with van der Waals surface area (Å²) in [6.45, 7) is 8.17. The van der Waals surface area contributed by atoms with Gasteiger partial charge in [0.15, 0.2) is 0 Å². The molecule has 1 aromatic heterocycles. The van der Waals surface area contributed by atoms with Crippen LogP contribution in [0.15, 0.2) is 30.3 Å². The molecule has 0 fully saturated rings. The SMILES string of the molecule is Cc1cc(NCCN2CCc3ccccc3C2)nnc1C. The highest BCUT2D eigenvalue weighted by Gasteiger charge is 2.14. The van der Waals surface area contributed by atoms with E-state index in [-0.39, 0.29) is 0 Å². The van der Waals surface area contributed by atoms with Gasteiger partial charge in [0, 0.05) is 26.2 Å². The van der Waals surface area contributed by atoms with Crippen LogP contribution in [0.4, 0.5) is 5.82 Å². The summed E-state index contributed by atoms with van der Waals surface area (Å²) >= 11 is 0. The minimum absolute atomic E-state index is 0.871. The summed E-state index contributed by atoms with van der Waals surface area (Å²) in [4.78, 5) is 2.49. The average molecular weight is 282 g/mol. The predicted octanol–water partition coefficient (Wildman–Crippen LogP) is 2.56. The topological polar surface area (TPSA) is 41.0 Å². The molecule has 3 rings (SSSR count). The Bertz CT molecular complexity index is 624. The molecule has 1 aliphatic rings. The zero-order valence-corrected chi connectivity index (χ0v) is 12.8. The predicted molar refractivity (Wildman–Crippen MR) is 85.4 cm³/mol. The van der Waals surface area contributed by atoms with E-state index >= 15 is 0 Å². The molecule has 0 bridgehead atoms. The molecule has 1 aromatic carbocycles. The fourth-order valence-electron chi connectivity index (χ4n) is 2.72. The maximum atomic E-state index is 4.18. The molecule has 0 radical (unpaired) electrons. The number of hydrogen-bond donors (Lipinski definition) is 1. The normalized spacial score (nSPS) is 14.8. The van der Waals surface area contributed by atoms with E-state index in [0.29, 0.717) is 0 Å². The van der Waals surface area contributed by atoms with Crippen molar-refractivity contribution < 1.29 is 0 Å². The zero-order valence-electron chi connectivity index (χ0n) is 12.8. The van der Waals surface area contributed by atoms with E-state index in [9.17, 15) is 0 Å². The Morgan fingerprint density at radius 2 is 1.95 bits per heavy atom. The minimum Gasteiger partial charge on any atom is -0.367 e. The Balaban J connectivity index is 1.51. The largest absolute Gasteiger partial charge is 0.367 e. The lowest BCUT2D eigenvalue weighted by atomic mass is 10.00. The number of anilines is 1. The van der Waals surface area contributed by atoms with Gasteiger partial charge < -0.3 is 5.32 Å². The standard InChI is InChI=1S/C17H22N4/c1-13-11-17(20-19-14(13)2)18-8-10-21-9-7-15-5-3-4-6-16(15)12-21/h3-6,11H,7-10,12H2,1-2H3,(H,18,20). The maximum Gasteiger partial charge on any atom is 0.148 e. The highest BCUT2D eigenvalue weighted by molar-refractivity contribution is 5.37. The Hall–Kier alpha value is -1.94. The summed E-state index contributed by atoms with van der Waals surface area (Å²) in [7, 11) is 0. The molecule has 2 heterocycles. The van der Waals surface area contributed by atoms with E-state index < -0.39 is 0 Å². The number of aromatic nitrogens is 2. The van der Waals surface area contributed by atoms with Gasteiger partial charge in [0.25, 0.3) is 0 Å². The molecule has 4 heteroatoms. The van der Waals surface area contributed by atoms with Gasteiger partial charge in [-0.25, -0.2) is 0 Å². The van der Waals surface area contributed by atoms with E-state index in [1.54, 1.807) is 0 Å². The summed E-state index contributed by atoms with van der Waals surface area (Å²) in [5.74, 6) is 0.871. The van der Waals surface area contributed by atoms with Crippen molar-refractivity contribution >= 4 is 5.82 Å². The number of fused-ring (bicyclic) bond motifs is 1. The molecule has 1 aliphatic heterocycles. The molecular weight excluding hydrogens is 260 g/mol. The average Bonchev–Trinajstić information content (AvgIpc) is 2.51. The van der Waals surface area contributed by atoms with Gasteiger partial charge in [0.1, 0.15) is 5.82 Å². The minimum atomic E-state index is 0.871.